The van der Waals surface area contributed by atoms with E-state index in [1.54, 1.807) is 14.1 Å². The Bertz CT molecular complexity index is 740. The molecule has 0 aliphatic heterocycles. The third-order valence-electron chi connectivity index (χ3n) is 4.46. The molecule has 2 amide bonds. The first-order chi connectivity index (χ1) is 13.0. The summed E-state index contributed by atoms with van der Waals surface area (Å²) in [7, 11) is 3.34. The van der Waals surface area contributed by atoms with Gasteiger partial charge in [0.15, 0.2) is 5.69 Å². The van der Waals surface area contributed by atoms with E-state index >= 15 is 0 Å². The number of hydrogen-bond donors (Lipinski definition) is 1. The van der Waals surface area contributed by atoms with Crippen molar-refractivity contribution in [1.82, 2.24) is 30.1 Å². The van der Waals surface area contributed by atoms with E-state index in [-0.39, 0.29) is 30.1 Å². The van der Waals surface area contributed by atoms with Crippen LogP contribution in [0.4, 0.5) is 0 Å². The molecular weight excluding hydrogens is 344 g/mol. The van der Waals surface area contributed by atoms with Crippen molar-refractivity contribution in [2.75, 3.05) is 33.7 Å². The molecule has 0 saturated carbocycles. The van der Waals surface area contributed by atoms with E-state index in [1.165, 1.54) is 15.8 Å². The van der Waals surface area contributed by atoms with Gasteiger partial charge in [0.25, 0.3) is 5.91 Å². The lowest BCUT2D eigenvalue weighted by Crippen LogP contribution is -2.38. The Morgan fingerprint density at radius 1 is 1.15 bits per heavy atom. The number of benzene rings is 1. The van der Waals surface area contributed by atoms with Crippen molar-refractivity contribution < 1.29 is 9.59 Å². The zero-order valence-electron chi connectivity index (χ0n) is 16.4. The summed E-state index contributed by atoms with van der Waals surface area (Å²) in [6, 6.07) is 10.2. The number of carbonyl (C=O) groups excluding carboxylic acids is 2. The molecule has 1 atom stereocenters. The molecule has 1 N–H and O–H groups in total. The molecule has 0 aliphatic carbocycles. The van der Waals surface area contributed by atoms with Crippen LogP contribution in [0.15, 0.2) is 36.5 Å². The summed E-state index contributed by atoms with van der Waals surface area (Å²) in [5.74, 6) is -0.413. The SMILES string of the molecule is CCN(CC)[C@H](CNC(=O)c1cn(CC(=O)N(C)C)nn1)c1ccccc1. The Labute approximate surface area is 160 Å². The van der Waals surface area contributed by atoms with Gasteiger partial charge in [-0.3, -0.25) is 14.5 Å². The van der Waals surface area contributed by atoms with Gasteiger partial charge >= 0.3 is 0 Å². The average molecular weight is 372 g/mol. The number of carbonyl (C=O) groups is 2. The molecule has 8 nitrogen and oxygen atoms in total. The smallest absolute Gasteiger partial charge is 0.273 e. The molecule has 0 fully saturated rings. The number of aromatic nitrogens is 3. The lowest BCUT2D eigenvalue weighted by molar-refractivity contribution is -0.129. The van der Waals surface area contributed by atoms with Crippen molar-refractivity contribution in [3.05, 3.63) is 47.8 Å². The monoisotopic (exact) mass is 372 g/mol. The highest BCUT2D eigenvalue weighted by atomic mass is 16.2. The van der Waals surface area contributed by atoms with Crippen LogP contribution >= 0.6 is 0 Å². The molecule has 1 aromatic heterocycles. The van der Waals surface area contributed by atoms with Crippen LogP contribution in [0.3, 0.4) is 0 Å². The summed E-state index contributed by atoms with van der Waals surface area (Å²) in [5.41, 5.74) is 1.36. The van der Waals surface area contributed by atoms with Gasteiger partial charge < -0.3 is 10.2 Å². The van der Waals surface area contributed by atoms with Crippen molar-refractivity contribution in [2.24, 2.45) is 0 Å². The standard InChI is InChI=1S/C19H28N6O2/c1-5-24(6-2)17(15-10-8-7-9-11-15)12-20-19(27)16-13-25(22-21-16)14-18(26)23(3)4/h7-11,13,17H,5-6,12,14H2,1-4H3,(H,20,27)/t17-/m1/s1. The second-order valence-electron chi connectivity index (χ2n) is 6.45. The molecular formula is C19H28N6O2. The molecule has 2 aromatic rings. The number of nitrogens with zero attached hydrogens (tertiary/aromatic N) is 5. The van der Waals surface area contributed by atoms with Crippen LogP contribution in [-0.2, 0) is 11.3 Å². The van der Waals surface area contributed by atoms with Gasteiger partial charge in [-0.25, -0.2) is 4.68 Å². The number of rotatable bonds is 9. The summed E-state index contributed by atoms with van der Waals surface area (Å²) in [6.45, 7) is 6.50. The number of likely N-dealkylation sites (N-methyl/N-ethyl adjacent to an activating group) is 2. The Morgan fingerprint density at radius 3 is 2.41 bits per heavy atom. The van der Waals surface area contributed by atoms with Crippen LogP contribution in [0.5, 0.6) is 0 Å². The third kappa shape index (κ3) is 5.62. The maximum Gasteiger partial charge on any atom is 0.273 e. The van der Waals surface area contributed by atoms with E-state index < -0.39 is 0 Å². The predicted molar refractivity (Wildman–Crippen MR) is 103 cm³/mol. The molecule has 0 spiro atoms. The molecule has 0 aliphatic rings. The average Bonchev–Trinajstić information content (AvgIpc) is 3.14. The van der Waals surface area contributed by atoms with Gasteiger partial charge in [-0.05, 0) is 18.7 Å². The van der Waals surface area contributed by atoms with Crippen molar-refractivity contribution >= 4 is 11.8 Å². The molecule has 8 heteroatoms. The van der Waals surface area contributed by atoms with Gasteiger partial charge in [0.2, 0.25) is 5.91 Å². The van der Waals surface area contributed by atoms with Gasteiger partial charge in [-0.2, -0.15) is 0 Å². The molecule has 0 bridgehead atoms. The van der Waals surface area contributed by atoms with Crippen LogP contribution in [0.1, 0.15) is 35.9 Å². The maximum atomic E-state index is 12.5. The van der Waals surface area contributed by atoms with Crippen molar-refractivity contribution in [2.45, 2.75) is 26.4 Å². The number of nitrogens with one attached hydrogen (secondary N) is 1. The Kier molecular flexibility index (Phi) is 7.48. The van der Waals surface area contributed by atoms with Gasteiger partial charge in [0, 0.05) is 20.6 Å². The van der Waals surface area contributed by atoms with Gasteiger partial charge in [0.05, 0.1) is 12.2 Å². The molecule has 0 radical (unpaired) electrons. The normalized spacial score (nSPS) is 12.0. The van der Waals surface area contributed by atoms with Gasteiger partial charge in [-0.15, -0.1) is 5.10 Å². The first-order valence-electron chi connectivity index (χ1n) is 9.13. The van der Waals surface area contributed by atoms with Crippen LogP contribution < -0.4 is 5.32 Å². The minimum absolute atomic E-state index is 0.0549. The van der Waals surface area contributed by atoms with E-state index in [0.717, 1.165) is 18.7 Å². The third-order valence-corrected chi connectivity index (χ3v) is 4.46. The molecule has 27 heavy (non-hydrogen) atoms. The van der Waals surface area contributed by atoms with Crippen LogP contribution in [0, 0.1) is 0 Å². The van der Waals surface area contributed by atoms with E-state index in [2.05, 4.69) is 46.5 Å². The molecule has 1 aromatic carbocycles. The summed E-state index contributed by atoms with van der Waals surface area (Å²) in [6.07, 6.45) is 1.49. The molecule has 146 valence electrons. The van der Waals surface area contributed by atoms with Gasteiger partial charge in [-0.1, -0.05) is 49.4 Å². The minimum Gasteiger partial charge on any atom is -0.349 e. The summed E-state index contributed by atoms with van der Waals surface area (Å²) >= 11 is 0. The molecule has 0 unspecified atom stereocenters. The largest absolute Gasteiger partial charge is 0.349 e. The summed E-state index contributed by atoms with van der Waals surface area (Å²) in [5, 5.41) is 10.7. The second-order valence-corrected chi connectivity index (χ2v) is 6.45. The minimum atomic E-state index is -0.299. The highest BCUT2D eigenvalue weighted by Crippen LogP contribution is 2.19. The molecule has 1 heterocycles. The van der Waals surface area contributed by atoms with Gasteiger partial charge in [0.1, 0.15) is 6.54 Å². The zero-order valence-corrected chi connectivity index (χ0v) is 16.4. The van der Waals surface area contributed by atoms with E-state index in [1.807, 2.05) is 18.2 Å². The lowest BCUT2D eigenvalue weighted by atomic mass is 10.1. The van der Waals surface area contributed by atoms with E-state index in [9.17, 15) is 9.59 Å². The quantitative estimate of drug-likeness (QED) is 0.715. The van der Waals surface area contributed by atoms with Crippen molar-refractivity contribution in [1.29, 1.82) is 0 Å². The lowest BCUT2D eigenvalue weighted by Gasteiger charge is -2.30. The van der Waals surface area contributed by atoms with Crippen LogP contribution in [0.25, 0.3) is 0 Å². The Balaban J connectivity index is 2.03. The van der Waals surface area contributed by atoms with E-state index in [0.29, 0.717) is 6.54 Å². The fourth-order valence-electron chi connectivity index (χ4n) is 2.84. The molecule has 2 rings (SSSR count). The Hall–Kier alpha value is -2.74. The fourth-order valence-corrected chi connectivity index (χ4v) is 2.84. The first-order valence-corrected chi connectivity index (χ1v) is 9.13. The number of amides is 2. The van der Waals surface area contributed by atoms with Crippen LogP contribution in [0.2, 0.25) is 0 Å². The van der Waals surface area contributed by atoms with Crippen molar-refractivity contribution in [3.8, 4) is 0 Å². The maximum absolute atomic E-state index is 12.5. The summed E-state index contributed by atoms with van der Waals surface area (Å²) < 4.78 is 1.37. The highest BCUT2D eigenvalue weighted by molar-refractivity contribution is 5.91. The number of hydrogen-bond acceptors (Lipinski definition) is 5. The zero-order chi connectivity index (χ0) is 19.8. The predicted octanol–water partition coefficient (Wildman–Crippen LogP) is 1.18. The fraction of sp³-hybridized carbons (Fsp3) is 0.474. The topological polar surface area (TPSA) is 83.4 Å². The molecule has 0 saturated heterocycles. The highest BCUT2D eigenvalue weighted by Gasteiger charge is 2.20. The van der Waals surface area contributed by atoms with E-state index in [4.69, 9.17) is 0 Å². The first kappa shape index (κ1) is 20.6. The van der Waals surface area contributed by atoms with Crippen LogP contribution in [-0.4, -0.2) is 70.3 Å². The van der Waals surface area contributed by atoms with Crippen molar-refractivity contribution in [3.63, 3.8) is 0 Å². The summed E-state index contributed by atoms with van der Waals surface area (Å²) in [4.78, 5) is 28.0. The second kappa shape index (κ2) is 9.82. The Morgan fingerprint density at radius 2 is 1.81 bits per heavy atom.